The third kappa shape index (κ3) is 3.57. The second kappa shape index (κ2) is 7.68. The van der Waals surface area contributed by atoms with E-state index in [0.717, 1.165) is 36.6 Å². The van der Waals surface area contributed by atoms with Crippen molar-refractivity contribution in [3.63, 3.8) is 0 Å². The molecule has 1 aliphatic carbocycles. The second-order valence-corrected chi connectivity index (χ2v) is 8.76. The number of hydrogen-bond donors (Lipinski definition) is 1. The molecule has 9 heteroatoms. The van der Waals surface area contributed by atoms with E-state index in [1.807, 2.05) is 6.92 Å². The molecule has 2 aromatic heterocycles. The number of nitrogens with one attached hydrogen (secondary N) is 1. The number of carbonyl (C=O) groups excluding carboxylic acids is 1. The fraction of sp³-hybridized carbons (Fsp3) is 0.529. The van der Waals surface area contributed by atoms with Gasteiger partial charge in [-0.05, 0) is 48.9 Å². The SMILES string of the molecule is CCC(Sc1c([O-])on[n+]1C)C(=O)Nc1sc2c(c1C#N)CCC(C)C2. The van der Waals surface area contributed by atoms with Gasteiger partial charge in [0.05, 0.1) is 16.1 Å². The summed E-state index contributed by atoms with van der Waals surface area (Å²) in [6, 6.07) is 2.25. The molecule has 26 heavy (non-hydrogen) atoms. The third-order valence-corrected chi connectivity index (χ3v) is 7.15. The van der Waals surface area contributed by atoms with Gasteiger partial charge in [-0.2, -0.15) is 5.26 Å². The van der Waals surface area contributed by atoms with Crippen molar-refractivity contribution in [2.45, 2.75) is 49.8 Å². The third-order valence-electron chi connectivity index (χ3n) is 4.49. The molecule has 1 aliphatic rings. The van der Waals surface area contributed by atoms with Gasteiger partial charge in [0, 0.05) is 4.88 Å². The summed E-state index contributed by atoms with van der Waals surface area (Å²) < 4.78 is 5.93. The van der Waals surface area contributed by atoms with Crippen LogP contribution in [0, 0.1) is 17.2 Å². The number of thiophene rings is 1. The van der Waals surface area contributed by atoms with Crippen LogP contribution in [0.5, 0.6) is 5.95 Å². The summed E-state index contributed by atoms with van der Waals surface area (Å²) in [4.78, 5) is 13.9. The van der Waals surface area contributed by atoms with E-state index < -0.39 is 11.2 Å². The van der Waals surface area contributed by atoms with Crippen LogP contribution in [0.15, 0.2) is 9.55 Å². The van der Waals surface area contributed by atoms with Crippen LogP contribution in [0.2, 0.25) is 0 Å². The molecular formula is C17H20N4O3S2. The standard InChI is InChI=1S/C17H20N4O3S2/c1-4-12(26-16-17(23)24-20-21(16)3)14(22)19-15-11(8-18)10-6-5-9(2)7-13(10)25-15/h9,12H,4-7H2,1-3H3,(H-,19,20,22,23). The molecule has 0 spiro atoms. The summed E-state index contributed by atoms with van der Waals surface area (Å²) in [6.45, 7) is 4.08. The predicted octanol–water partition coefficient (Wildman–Crippen LogP) is 2.14. The van der Waals surface area contributed by atoms with Crippen LogP contribution in [-0.2, 0) is 24.7 Å². The lowest BCUT2D eigenvalue weighted by Crippen LogP contribution is -2.34. The van der Waals surface area contributed by atoms with Crippen LogP contribution < -0.4 is 15.1 Å². The van der Waals surface area contributed by atoms with Crippen molar-refractivity contribution in [2.75, 3.05) is 5.32 Å². The molecule has 2 aromatic rings. The summed E-state index contributed by atoms with van der Waals surface area (Å²) in [5, 5.41) is 28.1. The van der Waals surface area contributed by atoms with Gasteiger partial charge in [-0.3, -0.25) is 4.79 Å². The van der Waals surface area contributed by atoms with Gasteiger partial charge in [-0.25, -0.2) is 0 Å². The Hall–Kier alpha value is -2.05. The largest absolute Gasteiger partial charge is 0.538 e. The number of anilines is 1. The van der Waals surface area contributed by atoms with Gasteiger partial charge in [0.1, 0.15) is 11.1 Å². The first-order chi connectivity index (χ1) is 12.4. The van der Waals surface area contributed by atoms with E-state index in [1.165, 1.54) is 20.9 Å². The molecular weight excluding hydrogens is 372 g/mol. The lowest BCUT2D eigenvalue weighted by Gasteiger charge is -2.17. The van der Waals surface area contributed by atoms with E-state index in [1.54, 1.807) is 7.05 Å². The molecule has 1 amide bonds. The molecule has 0 aliphatic heterocycles. The lowest BCUT2D eigenvalue weighted by atomic mass is 9.88. The van der Waals surface area contributed by atoms with E-state index in [0.29, 0.717) is 22.9 Å². The van der Waals surface area contributed by atoms with Crippen molar-refractivity contribution in [3.05, 3.63) is 16.0 Å². The molecule has 0 fully saturated rings. The smallest absolute Gasteiger partial charge is 0.291 e. The first kappa shape index (κ1) is 18.7. The Morgan fingerprint density at radius 2 is 2.42 bits per heavy atom. The highest BCUT2D eigenvalue weighted by Crippen LogP contribution is 2.39. The number of rotatable bonds is 5. The summed E-state index contributed by atoms with van der Waals surface area (Å²) in [5.74, 6) is -0.178. The van der Waals surface area contributed by atoms with Gasteiger partial charge in [0.2, 0.25) is 5.91 Å². The number of aromatic nitrogens is 2. The summed E-state index contributed by atoms with van der Waals surface area (Å²) in [6.07, 6.45) is 3.43. The minimum absolute atomic E-state index is 0.221. The van der Waals surface area contributed by atoms with Gasteiger partial charge >= 0.3 is 0 Å². The Labute approximate surface area is 160 Å². The highest BCUT2D eigenvalue weighted by Gasteiger charge is 2.28. The zero-order valence-electron chi connectivity index (χ0n) is 14.9. The summed E-state index contributed by atoms with van der Waals surface area (Å²) >= 11 is 2.63. The maximum absolute atomic E-state index is 12.7. The van der Waals surface area contributed by atoms with Crippen LogP contribution in [0.25, 0.3) is 0 Å². The number of aryl methyl sites for hydroxylation is 1. The van der Waals surface area contributed by atoms with Gasteiger partial charge < -0.3 is 14.9 Å². The minimum atomic E-state index is -0.554. The predicted molar refractivity (Wildman–Crippen MR) is 95.9 cm³/mol. The quantitative estimate of drug-likeness (QED) is 0.617. The van der Waals surface area contributed by atoms with Crippen LogP contribution in [0.4, 0.5) is 5.00 Å². The molecule has 2 heterocycles. The molecule has 1 N–H and O–H groups in total. The first-order valence-electron chi connectivity index (χ1n) is 8.49. The first-order valence-corrected chi connectivity index (χ1v) is 10.2. The summed E-state index contributed by atoms with van der Waals surface area (Å²) in [7, 11) is 1.60. The fourth-order valence-electron chi connectivity index (χ4n) is 3.04. The minimum Gasteiger partial charge on any atom is -0.538 e. The fourth-order valence-corrected chi connectivity index (χ4v) is 5.32. The van der Waals surface area contributed by atoms with E-state index in [4.69, 9.17) is 0 Å². The van der Waals surface area contributed by atoms with Crippen molar-refractivity contribution in [3.8, 4) is 12.0 Å². The van der Waals surface area contributed by atoms with Crippen LogP contribution >= 0.6 is 23.1 Å². The Morgan fingerprint density at radius 1 is 1.65 bits per heavy atom. The maximum Gasteiger partial charge on any atom is 0.291 e. The zero-order chi connectivity index (χ0) is 18.8. The Balaban J connectivity index is 1.79. The number of nitriles is 1. The molecule has 2 atom stereocenters. The number of hydrogen-bond acceptors (Lipinski definition) is 7. The van der Waals surface area contributed by atoms with Crippen LogP contribution in [-0.4, -0.2) is 16.4 Å². The average Bonchev–Trinajstić information content (AvgIpc) is 3.11. The van der Waals surface area contributed by atoms with Gasteiger partial charge in [0.15, 0.2) is 13.0 Å². The van der Waals surface area contributed by atoms with E-state index in [2.05, 4.69) is 28.1 Å². The normalized spacial score (nSPS) is 17.4. The number of nitrogens with zero attached hydrogens (tertiary/aromatic N) is 3. The summed E-state index contributed by atoms with van der Waals surface area (Å²) in [5.41, 5.74) is 1.67. The Bertz CT molecular complexity index is 849. The molecule has 138 valence electrons. The maximum atomic E-state index is 12.7. The molecule has 2 unspecified atom stereocenters. The van der Waals surface area contributed by atoms with Crippen molar-refractivity contribution < 1.29 is 19.1 Å². The van der Waals surface area contributed by atoms with Gasteiger partial charge in [0.25, 0.3) is 5.03 Å². The van der Waals surface area contributed by atoms with E-state index >= 15 is 0 Å². The number of carbonyl (C=O) groups is 1. The Morgan fingerprint density at radius 3 is 3.04 bits per heavy atom. The number of thioether (sulfide) groups is 1. The van der Waals surface area contributed by atoms with E-state index in [-0.39, 0.29) is 10.9 Å². The van der Waals surface area contributed by atoms with Crippen molar-refractivity contribution in [1.29, 1.82) is 5.26 Å². The monoisotopic (exact) mass is 392 g/mol. The topological polar surface area (TPSA) is 106 Å². The molecule has 0 radical (unpaired) electrons. The van der Waals surface area contributed by atoms with Crippen LogP contribution in [0.3, 0.4) is 0 Å². The molecule has 0 aromatic carbocycles. The van der Waals surface area contributed by atoms with Crippen LogP contribution in [0.1, 0.15) is 42.7 Å². The molecule has 0 saturated heterocycles. The van der Waals surface area contributed by atoms with Gasteiger partial charge in [-0.1, -0.05) is 18.5 Å². The molecule has 7 nitrogen and oxygen atoms in total. The van der Waals surface area contributed by atoms with E-state index in [9.17, 15) is 15.2 Å². The van der Waals surface area contributed by atoms with Crippen molar-refractivity contribution in [1.82, 2.24) is 5.27 Å². The highest BCUT2D eigenvalue weighted by molar-refractivity contribution is 8.00. The molecule has 3 rings (SSSR count). The molecule has 0 saturated carbocycles. The highest BCUT2D eigenvalue weighted by atomic mass is 32.2. The number of amides is 1. The Kier molecular flexibility index (Phi) is 5.53. The second-order valence-electron chi connectivity index (χ2n) is 6.46. The van der Waals surface area contributed by atoms with Gasteiger partial charge in [-0.15, -0.1) is 11.3 Å². The zero-order valence-corrected chi connectivity index (χ0v) is 16.5. The van der Waals surface area contributed by atoms with Crippen molar-refractivity contribution in [2.24, 2.45) is 13.0 Å². The lowest BCUT2D eigenvalue weighted by molar-refractivity contribution is -0.772. The number of fused-ring (bicyclic) bond motifs is 1. The molecule has 0 bridgehead atoms. The van der Waals surface area contributed by atoms with Crippen molar-refractivity contribution >= 4 is 34.0 Å². The average molecular weight is 393 g/mol.